The number of esters is 1. The molecule has 27 heavy (non-hydrogen) atoms. The number of likely N-dealkylation sites (N-methyl/N-ethyl adjacent to an activating group) is 1. The van der Waals surface area contributed by atoms with Crippen molar-refractivity contribution in [1.82, 2.24) is 9.34 Å². The van der Waals surface area contributed by atoms with Crippen molar-refractivity contribution in [2.45, 2.75) is 71.0 Å². The molecule has 6 nitrogen and oxygen atoms in total. The highest BCUT2D eigenvalue weighted by Gasteiger charge is 2.40. The molecule has 1 aliphatic carbocycles. The Balaban J connectivity index is 3.11. The summed E-state index contributed by atoms with van der Waals surface area (Å²) in [5, 5.41) is 0.180. The number of hydrogen-bond acceptors (Lipinski definition) is 6. The molecule has 0 heterocycles. The van der Waals surface area contributed by atoms with Gasteiger partial charge in [0.25, 0.3) is 0 Å². The smallest absolute Gasteiger partial charge is 0.397 e. The van der Waals surface area contributed by atoms with E-state index in [2.05, 4.69) is 13.8 Å². The fourth-order valence-electron chi connectivity index (χ4n) is 3.21. The van der Waals surface area contributed by atoms with Crippen LogP contribution in [0.5, 0.6) is 0 Å². The summed E-state index contributed by atoms with van der Waals surface area (Å²) in [6, 6.07) is 0. The van der Waals surface area contributed by atoms with Crippen LogP contribution in [0.3, 0.4) is 0 Å². The van der Waals surface area contributed by atoms with Crippen LogP contribution in [-0.4, -0.2) is 53.1 Å². The molecule has 0 radical (unpaired) electrons. The zero-order valence-electron chi connectivity index (χ0n) is 17.1. The van der Waals surface area contributed by atoms with E-state index in [1.807, 2.05) is 0 Å². The molecule has 9 heteroatoms. The zero-order chi connectivity index (χ0) is 20.6. The van der Waals surface area contributed by atoms with Gasteiger partial charge >= 0.3 is 11.9 Å². The van der Waals surface area contributed by atoms with Crippen molar-refractivity contribution >= 4 is 46.5 Å². The quantitative estimate of drug-likeness (QED) is 0.323. The molecular weight excluding hydrogens is 403 g/mol. The molecule has 1 aliphatic rings. The molecule has 2 unspecified atom stereocenters. The second kappa shape index (κ2) is 11.4. The van der Waals surface area contributed by atoms with Gasteiger partial charge < -0.3 is 4.74 Å². The largest absolute Gasteiger partial charge is 0.459 e. The fraction of sp³-hybridized carbons (Fsp3) is 0.833. The summed E-state index contributed by atoms with van der Waals surface area (Å²) < 4.78 is 7.74. The Hall–Kier alpha value is -0.590. The summed E-state index contributed by atoms with van der Waals surface area (Å²) in [5.41, 5.74) is -2.83. The summed E-state index contributed by atoms with van der Waals surface area (Å²) >= 11 is 7.41. The lowest BCUT2D eigenvalue weighted by molar-refractivity contribution is -0.157. The van der Waals surface area contributed by atoms with E-state index in [9.17, 15) is 14.4 Å². The van der Waals surface area contributed by atoms with Gasteiger partial charge in [-0.2, -0.15) is 0 Å². The maximum Gasteiger partial charge on any atom is 0.397 e. The Kier molecular flexibility index (Phi) is 10.3. The fourth-order valence-corrected chi connectivity index (χ4v) is 10.3. The summed E-state index contributed by atoms with van der Waals surface area (Å²) in [5.74, 6) is -1.74. The molecule has 1 fully saturated rings. The van der Waals surface area contributed by atoms with Crippen molar-refractivity contribution in [3.05, 3.63) is 0 Å². The highest BCUT2D eigenvalue weighted by atomic mass is 32.9. The lowest BCUT2D eigenvalue weighted by Gasteiger charge is -2.40. The van der Waals surface area contributed by atoms with Gasteiger partial charge in [0.2, 0.25) is 5.91 Å². The van der Waals surface area contributed by atoms with Gasteiger partial charge in [-0.05, 0) is 38.0 Å². The van der Waals surface area contributed by atoms with Gasteiger partial charge in [0.05, 0.1) is 6.61 Å². The molecule has 1 saturated carbocycles. The Labute approximate surface area is 172 Å². The molecule has 1 rings (SSSR count). The Bertz CT molecular complexity index is 582. The van der Waals surface area contributed by atoms with Crippen LogP contribution < -0.4 is 0 Å². The molecule has 0 N–H and O–H groups in total. The number of nitrogens with zero attached hydrogens (tertiary/aromatic N) is 2. The molecule has 2 amide bonds. The van der Waals surface area contributed by atoms with Gasteiger partial charge in [-0.15, -0.1) is 0 Å². The van der Waals surface area contributed by atoms with Crippen molar-refractivity contribution in [2.24, 2.45) is 5.92 Å². The van der Waals surface area contributed by atoms with Crippen LogP contribution in [0.1, 0.15) is 65.7 Å². The Morgan fingerprint density at radius 1 is 1.15 bits per heavy atom. The van der Waals surface area contributed by atoms with Crippen LogP contribution in [0.15, 0.2) is 0 Å². The van der Waals surface area contributed by atoms with E-state index in [1.54, 1.807) is 18.6 Å². The van der Waals surface area contributed by atoms with E-state index < -0.39 is 17.4 Å². The highest BCUT2D eigenvalue weighted by molar-refractivity contribution is 8.69. The standard InChI is InChI=1S/C18H33N2O4PS2/c1-6-11-14(3)27-25(26,20(5)17(22)18(23)24-7-2)19(4)16(21)15-12-9-8-10-13-15/h14-15H,6-13H2,1-5H3. The first kappa shape index (κ1) is 24.4. The lowest BCUT2D eigenvalue weighted by Crippen LogP contribution is -2.40. The molecule has 0 bridgehead atoms. The second-order valence-corrected chi connectivity index (χ2v) is 14.5. The first-order chi connectivity index (χ1) is 12.7. The first-order valence-corrected chi connectivity index (χ1v) is 13.9. The van der Waals surface area contributed by atoms with Crippen LogP contribution >= 0.6 is 16.9 Å². The average Bonchev–Trinajstić information content (AvgIpc) is 2.66. The van der Waals surface area contributed by atoms with Crippen molar-refractivity contribution in [2.75, 3.05) is 20.7 Å². The van der Waals surface area contributed by atoms with Crippen LogP contribution in [0.2, 0.25) is 0 Å². The summed E-state index contributed by atoms with van der Waals surface area (Å²) in [6.45, 7) is 5.91. The first-order valence-electron chi connectivity index (χ1n) is 9.70. The van der Waals surface area contributed by atoms with Gasteiger partial charge in [0, 0.05) is 25.3 Å². The maximum absolute atomic E-state index is 13.1. The predicted octanol–water partition coefficient (Wildman–Crippen LogP) is 4.19. The van der Waals surface area contributed by atoms with Crippen LogP contribution in [0, 0.1) is 5.92 Å². The second-order valence-electron chi connectivity index (χ2n) is 6.94. The summed E-state index contributed by atoms with van der Waals surface area (Å²) in [7, 11) is 3.22. The summed E-state index contributed by atoms with van der Waals surface area (Å²) in [6.07, 6.45) is 6.89. The SMILES string of the molecule is CCCC(C)SP(=S)(N(C)C(=O)C(=O)OCC)N(C)C(=O)C1CCCCC1. The third-order valence-corrected chi connectivity index (χ3v) is 13.2. The summed E-state index contributed by atoms with van der Waals surface area (Å²) in [4.78, 5) is 37.7. The van der Waals surface area contributed by atoms with Gasteiger partial charge in [0.1, 0.15) is 0 Å². The molecular formula is C18H33N2O4PS2. The number of amides is 2. The normalized spacial score (nSPS) is 18.3. The van der Waals surface area contributed by atoms with E-state index in [-0.39, 0.29) is 23.7 Å². The molecule has 156 valence electrons. The van der Waals surface area contributed by atoms with Crippen molar-refractivity contribution < 1.29 is 19.1 Å². The molecule has 0 aromatic heterocycles. The van der Waals surface area contributed by atoms with Gasteiger partial charge in [-0.3, -0.25) is 18.9 Å². The monoisotopic (exact) mass is 436 g/mol. The van der Waals surface area contributed by atoms with Crippen molar-refractivity contribution in [1.29, 1.82) is 0 Å². The third-order valence-electron chi connectivity index (χ3n) is 4.79. The third kappa shape index (κ3) is 6.47. The number of ether oxygens (including phenoxy) is 1. The Morgan fingerprint density at radius 2 is 1.74 bits per heavy atom. The average molecular weight is 437 g/mol. The maximum atomic E-state index is 13.1. The molecule has 0 spiro atoms. The minimum absolute atomic E-state index is 0.00209. The number of rotatable bonds is 8. The predicted molar refractivity (Wildman–Crippen MR) is 115 cm³/mol. The number of hydrogen-bond donors (Lipinski definition) is 0. The highest BCUT2D eigenvalue weighted by Crippen LogP contribution is 2.65. The van der Waals surface area contributed by atoms with Crippen molar-refractivity contribution in [3.8, 4) is 0 Å². The van der Waals surface area contributed by atoms with Crippen molar-refractivity contribution in [3.63, 3.8) is 0 Å². The van der Waals surface area contributed by atoms with Crippen LogP contribution in [0.25, 0.3) is 0 Å². The topological polar surface area (TPSA) is 66.9 Å². The van der Waals surface area contributed by atoms with E-state index in [0.29, 0.717) is 0 Å². The number of carbonyl (C=O) groups is 3. The zero-order valence-corrected chi connectivity index (χ0v) is 19.6. The van der Waals surface area contributed by atoms with Gasteiger partial charge in [-0.1, -0.05) is 50.9 Å². The molecule has 0 aliphatic heterocycles. The minimum atomic E-state index is -2.83. The Morgan fingerprint density at radius 3 is 2.26 bits per heavy atom. The van der Waals surface area contributed by atoms with Crippen LogP contribution in [0.4, 0.5) is 0 Å². The molecule has 2 atom stereocenters. The van der Waals surface area contributed by atoms with E-state index in [0.717, 1.165) is 44.9 Å². The van der Waals surface area contributed by atoms with Gasteiger partial charge in [0.15, 0.2) is 5.54 Å². The molecule has 0 aromatic rings. The van der Waals surface area contributed by atoms with Gasteiger partial charge in [-0.25, -0.2) is 4.79 Å². The molecule has 0 aromatic carbocycles. The van der Waals surface area contributed by atoms with Crippen LogP contribution in [-0.2, 0) is 30.9 Å². The van der Waals surface area contributed by atoms with E-state index >= 15 is 0 Å². The molecule has 0 saturated heterocycles. The number of carbonyl (C=O) groups excluding carboxylic acids is 3. The lowest BCUT2D eigenvalue weighted by atomic mass is 9.89. The van der Waals surface area contributed by atoms with E-state index in [4.69, 9.17) is 16.5 Å². The van der Waals surface area contributed by atoms with E-state index in [1.165, 1.54) is 23.1 Å². The minimum Gasteiger partial charge on any atom is -0.459 e.